The number of rotatable bonds is 9. The Morgan fingerprint density at radius 2 is 1.75 bits per heavy atom. The minimum absolute atomic E-state index is 0.0246. The Kier molecular flexibility index (Phi) is 7.53. The average molecular weight is 409 g/mol. The minimum Gasteiger partial charge on any atom is -0.487 e. The second-order valence-corrected chi connectivity index (χ2v) is 7.92. The number of benzene rings is 2. The van der Waals surface area contributed by atoms with Crippen molar-refractivity contribution >= 4 is 16.0 Å². The predicted molar refractivity (Wildman–Crippen MR) is 103 cm³/mol. The van der Waals surface area contributed by atoms with Crippen LogP contribution in [-0.2, 0) is 14.8 Å². The van der Waals surface area contributed by atoms with Crippen molar-refractivity contribution in [1.29, 1.82) is 0 Å². The molecule has 152 valence electrons. The molecule has 0 saturated carbocycles. The molecule has 0 fully saturated rings. The van der Waals surface area contributed by atoms with E-state index < -0.39 is 21.8 Å². The number of carbonyl (C=O) groups is 1. The zero-order valence-corrected chi connectivity index (χ0v) is 17.0. The molecule has 8 heteroatoms. The van der Waals surface area contributed by atoms with Crippen molar-refractivity contribution in [1.82, 2.24) is 4.31 Å². The lowest BCUT2D eigenvalue weighted by Gasteiger charge is -2.19. The average Bonchev–Trinajstić information content (AvgIpc) is 2.67. The van der Waals surface area contributed by atoms with Crippen molar-refractivity contribution in [3.8, 4) is 5.75 Å². The highest BCUT2D eigenvalue weighted by molar-refractivity contribution is 7.89. The van der Waals surface area contributed by atoms with Crippen LogP contribution in [0.25, 0.3) is 0 Å². The summed E-state index contributed by atoms with van der Waals surface area (Å²) >= 11 is 0. The molecule has 0 heterocycles. The Morgan fingerprint density at radius 3 is 2.39 bits per heavy atom. The quantitative estimate of drug-likeness (QED) is 0.469. The van der Waals surface area contributed by atoms with E-state index >= 15 is 0 Å². The molecule has 0 atom stereocenters. The number of para-hydroxylation sites is 1. The number of hydrogen-bond acceptors (Lipinski definition) is 5. The highest BCUT2D eigenvalue weighted by Crippen LogP contribution is 2.20. The smallest absolute Gasteiger partial charge is 0.338 e. The van der Waals surface area contributed by atoms with Gasteiger partial charge in [0.15, 0.2) is 11.6 Å². The molecule has 2 aromatic rings. The standard InChI is InChI=1S/C20H24FNO5S/c1-4-22(5-2)28(24,25)16-11-10-15(3)17(14-16)20(23)27-13-12-26-19-9-7-6-8-18(19)21/h6-11,14H,4-5,12-13H2,1-3H3. The molecule has 28 heavy (non-hydrogen) atoms. The van der Waals surface area contributed by atoms with E-state index in [1.54, 1.807) is 39.0 Å². The van der Waals surface area contributed by atoms with Gasteiger partial charge in [0.1, 0.15) is 13.2 Å². The van der Waals surface area contributed by atoms with Crippen molar-refractivity contribution in [3.05, 3.63) is 59.4 Å². The molecule has 0 spiro atoms. The lowest BCUT2D eigenvalue weighted by molar-refractivity contribution is 0.0447. The number of nitrogens with zero attached hydrogens (tertiary/aromatic N) is 1. The van der Waals surface area contributed by atoms with Gasteiger partial charge in [-0.05, 0) is 36.8 Å². The van der Waals surface area contributed by atoms with Crippen LogP contribution in [0.5, 0.6) is 5.75 Å². The van der Waals surface area contributed by atoms with Crippen LogP contribution in [0.15, 0.2) is 47.4 Å². The number of ether oxygens (including phenoxy) is 2. The summed E-state index contributed by atoms with van der Waals surface area (Å²) in [5, 5.41) is 0. The molecule has 0 aliphatic rings. The summed E-state index contributed by atoms with van der Waals surface area (Å²) in [6.07, 6.45) is 0. The van der Waals surface area contributed by atoms with E-state index in [1.165, 1.54) is 28.6 Å². The van der Waals surface area contributed by atoms with Crippen LogP contribution < -0.4 is 4.74 Å². The van der Waals surface area contributed by atoms with E-state index in [0.29, 0.717) is 18.7 Å². The predicted octanol–water partition coefficient (Wildman–Crippen LogP) is 3.40. The number of sulfonamides is 1. The summed E-state index contributed by atoms with van der Waals surface area (Å²) < 4.78 is 50.5. The third-order valence-electron chi connectivity index (χ3n) is 4.18. The SMILES string of the molecule is CCN(CC)S(=O)(=O)c1ccc(C)c(C(=O)OCCOc2ccccc2F)c1. The van der Waals surface area contributed by atoms with Crippen molar-refractivity contribution in [2.24, 2.45) is 0 Å². The lowest BCUT2D eigenvalue weighted by atomic mass is 10.1. The molecule has 0 amide bonds. The van der Waals surface area contributed by atoms with E-state index in [4.69, 9.17) is 9.47 Å². The van der Waals surface area contributed by atoms with Gasteiger partial charge in [-0.3, -0.25) is 0 Å². The summed E-state index contributed by atoms with van der Waals surface area (Å²) in [7, 11) is -3.68. The van der Waals surface area contributed by atoms with E-state index in [9.17, 15) is 17.6 Å². The normalized spacial score (nSPS) is 11.5. The van der Waals surface area contributed by atoms with E-state index in [2.05, 4.69) is 0 Å². The van der Waals surface area contributed by atoms with Gasteiger partial charge in [-0.2, -0.15) is 4.31 Å². The number of carbonyl (C=O) groups excluding carboxylic acids is 1. The van der Waals surface area contributed by atoms with Crippen LogP contribution in [0.1, 0.15) is 29.8 Å². The minimum atomic E-state index is -3.68. The van der Waals surface area contributed by atoms with Crippen molar-refractivity contribution in [2.75, 3.05) is 26.3 Å². The third kappa shape index (κ3) is 5.08. The monoisotopic (exact) mass is 409 g/mol. The van der Waals surface area contributed by atoms with Crippen molar-refractivity contribution < 1.29 is 27.1 Å². The molecule has 0 saturated heterocycles. The Hall–Kier alpha value is -2.45. The van der Waals surface area contributed by atoms with Gasteiger partial charge in [0.05, 0.1) is 10.5 Å². The maximum atomic E-state index is 13.5. The summed E-state index contributed by atoms with van der Waals surface area (Å²) in [6, 6.07) is 10.3. The Morgan fingerprint density at radius 1 is 1.07 bits per heavy atom. The first-order valence-corrected chi connectivity index (χ1v) is 10.4. The van der Waals surface area contributed by atoms with Crippen LogP contribution in [0, 0.1) is 12.7 Å². The first kappa shape index (κ1) is 21.8. The largest absolute Gasteiger partial charge is 0.487 e. The van der Waals surface area contributed by atoms with Crippen LogP contribution in [0.3, 0.4) is 0 Å². The van der Waals surface area contributed by atoms with Crippen LogP contribution in [0.4, 0.5) is 4.39 Å². The first-order valence-electron chi connectivity index (χ1n) is 8.96. The molecule has 2 rings (SSSR count). The molecule has 0 aliphatic carbocycles. The van der Waals surface area contributed by atoms with Gasteiger partial charge >= 0.3 is 5.97 Å². The van der Waals surface area contributed by atoms with Crippen LogP contribution in [-0.4, -0.2) is 45.0 Å². The Bertz CT molecular complexity index is 926. The Labute approximate surface area is 164 Å². The van der Waals surface area contributed by atoms with Gasteiger partial charge in [-0.15, -0.1) is 0 Å². The summed E-state index contributed by atoms with van der Waals surface area (Å²) in [5.74, 6) is -1.09. The number of esters is 1. The second kappa shape index (κ2) is 9.66. The summed E-state index contributed by atoms with van der Waals surface area (Å²) in [4.78, 5) is 12.4. The molecule has 0 radical (unpaired) electrons. The maximum absolute atomic E-state index is 13.5. The first-order chi connectivity index (χ1) is 13.3. The fourth-order valence-corrected chi connectivity index (χ4v) is 4.10. The molecule has 0 N–H and O–H groups in total. The molecule has 0 aromatic heterocycles. The highest BCUT2D eigenvalue weighted by atomic mass is 32.2. The fourth-order valence-electron chi connectivity index (χ4n) is 2.62. The molecular weight excluding hydrogens is 385 g/mol. The summed E-state index contributed by atoms with van der Waals surface area (Å²) in [5.41, 5.74) is 0.762. The highest BCUT2D eigenvalue weighted by Gasteiger charge is 2.23. The van der Waals surface area contributed by atoms with Gasteiger partial charge in [-0.25, -0.2) is 17.6 Å². The summed E-state index contributed by atoms with van der Waals surface area (Å²) in [6.45, 7) is 5.74. The van der Waals surface area contributed by atoms with Gasteiger partial charge in [0.25, 0.3) is 0 Å². The fraction of sp³-hybridized carbons (Fsp3) is 0.350. The zero-order valence-electron chi connectivity index (χ0n) is 16.1. The molecule has 2 aromatic carbocycles. The third-order valence-corrected chi connectivity index (χ3v) is 6.23. The van der Waals surface area contributed by atoms with Crippen LogP contribution in [0.2, 0.25) is 0 Å². The van der Waals surface area contributed by atoms with Crippen molar-refractivity contribution in [2.45, 2.75) is 25.7 Å². The van der Waals surface area contributed by atoms with Gasteiger partial charge < -0.3 is 9.47 Å². The molecule has 0 aliphatic heterocycles. The molecular formula is C20H24FNO5S. The zero-order chi connectivity index (χ0) is 20.7. The number of aryl methyl sites for hydroxylation is 1. The van der Waals surface area contributed by atoms with E-state index in [0.717, 1.165) is 0 Å². The maximum Gasteiger partial charge on any atom is 0.338 e. The van der Waals surface area contributed by atoms with Gasteiger partial charge in [-0.1, -0.05) is 32.0 Å². The molecule has 6 nitrogen and oxygen atoms in total. The lowest BCUT2D eigenvalue weighted by Crippen LogP contribution is -2.30. The second-order valence-electron chi connectivity index (χ2n) is 5.98. The topological polar surface area (TPSA) is 72.9 Å². The van der Waals surface area contributed by atoms with E-state index in [1.807, 2.05) is 0 Å². The Balaban J connectivity index is 2.06. The van der Waals surface area contributed by atoms with Crippen molar-refractivity contribution in [3.63, 3.8) is 0 Å². The molecule has 0 unspecified atom stereocenters. The van der Waals surface area contributed by atoms with Crippen LogP contribution >= 0.6 is 0 Å². The number of hydrogen-bond donors (Lipinski definition) is 0. The van der Waals surface area contributed by atoms with E-state index in [-0.39, 0.29) is 29.4 Å². The molecule has 0 bridgehead atoms. The van der Waals surface area contributed by atoms with Gasteiger partial charge in [0.2, 0.25) is 10.0 Å². The van der Waals surface area contributed by atoms with Gasteiger partial charge in [0, 0.05) is 13.1 Å². The number of halogens is 1.